The van der Waals surface area contributed by atoms with Gasteiger partial charge in [0.2, 0.25) is 5.96 Å². The van der Waals surface area contributed by atoms with Crippen molar-refractivity contribution in [2.24, 2.45) is 15.7 Å². The van der Waals surface area contributed by atoms with E-state index in [-0.39, 0.29) is 17.8 Å². The molecule has 1 aromatic carbocycles. The molecule has 1 atom stereocenters. The Morgan fingerprint density at radius 3 is 2.41 bits per heavy atom. The van der Waals surface area contributed by atoms with Crippen molar-refractivity contribution in [3.8, 4) is 0 Å². The molecule has 0 saturated carbocycles. The second-order valence-corrected chi connectivity index (χ2v) is 5.01. The van der Waals surface area contributed by atoms with Gasteiger partial charge >= 0.3 is 0 Å². The molecule has 0 spiro atoms. The number of aliphatic hydroxyl groups is 1. The zero-order chi connectivity index (χ0) is 12.6. The molecule has 0 aliphatic carbocycles. The normalized spacial score (nSPS) is 22.9. The fourth-order valence-electron chi connectivity index (χ4n) is 2.09. The molecule has 5 heteroatoms. The molecule has 1 unspecified atom stereocenters. The molecule has 1 heterocycles. The molecule has 2 rings (SSSR count). The summed E-state index contributed by atoms with van der Waals surface area (Å²) in [6, 6.07) is 7.28. The average Bonchev–Trinajstić information content (AvgIpc) is 2.18. The van der Waals surface area contributed by atoms with E-state index in [4.69, 9.17) is 17.3 Å². The minimum atomic E-state index is -0.524. The van der Waals surface area contributed by atoms with E-state index in [0.29, 0.717) is 5.02 Å². The topological polar surface area (TPSA) is 71.0 Å². The maximum atomic E-state index is 9.95. The molecule has 0 amide bonds. The second-order valence-electron chi connectivity index (χ2n) is 4.58. The number of nitrogens with zero attached hydrogens (tertiary/aromatic N) is 2. The molecular formula is C12H14ClN3O. The summed E-state index contributed by atoms with van der Waals surface area (Å²) >= 11 is 5.84. The van der Waals surface area contributed by atoms with Gasteiger partial charge in [0, 0.05) is 5.02 Å². The van der Waals surface area contributed by atoms with Crippen molar-refractivity contribution in [3.05, 3.63) is 34.9 Å². The van der Waals surface area contributed by atoms with Crippen molar-refractivity contribution in [2.75, 3.05) is 0 Å². The van der Waals surface area contributed by atoms with Gasteiger partial charge in [0.25, 0.3) is 0 Å². The summed E-state index contributed by atoms with van der Waals surface area (Å²) in [7, 11) is 0. The van der Waals surface area contributed by atoms with Crippen LogP contribution < -0.4 is 5.73 Å². The van der Waals surface area contributed by atoms with Crippen molar-refractivity contribution < 1.29 is 5.11 Å². The second kappa shape index (κ2) is 4.04. The molecule has 1 aromatic rings. The molecule has 0 radical (unpaired) electrons. The van der Waals surface area contributed by atoms with Crippen LogP contribution in [0.15, 0.2) is 34.3 Å². The van der Waals surface area contributed by atoms with E-state index in [9.17, 15) is 5.11 Å². The first kappa shape index (κ1) is 11.9. The Hall–Kier alpha value is -1.55. The van der Waals surface area contributed by atoms with Gasteiger partial charge in [-0.3, -0.25) is 0 Å². The third kappa shape index (κ3) is 2.26. The van der Waals surface area contributed by atoms with Gasteiger partial charge in [-0.05, 0) is 31.5 Å². The monoisotopic (exact) mass is 251 g/mol. The van der Waals surface area contributed by atoms with Crippen molar-refractivity contribution in [1.29, 1.82) is 0 Å². The summed E-state index contributed by atoms with van der Waals surface area (Å²) in [5, 5.41) is 10.6. The van der Waals surface area contributed by atoms with E-state index in [2.05, 4.69) is 9.98 Å². The predicted octanol–water partition coefficient (Wildman–Crippen LogP) is 2.49. The Kier molecular flexibility index (Phi) is 2.83. The maximum Gasteiger partial charge on any atom is 0.218 e. The fourth-order valence-corrected chi connectivity index (χ4v) is 2.22. The SMILES string of the molecule is CC1(C)N=C(N)N=C(O)C1c1ccc(Cl)cc1. The summed E-state index contributed by atoms with van der Waals surface area (Å²) < 4.78 is 0. The number of rotatable bonds is 1. The van der Waals surface area contributed by atoms with Crippen molar-refractivity contribution in [2.45, 2.75) is 25.3 Å². The van der Waals surface area contributed by atoms with Gasteiger partial charge < -0.3 is 10.8 Å². The van der Waals surface area contributed by atoms with Crippen molar-refractivity contribution >= 4 is 23.5 Å². The summed E-state index contributed by atoms with van der Waals surface area (Å²) in [4.78, 5) is 8.08. The van der Waals surface area contributed by atoms with Crippen LogP contribution in [0.5, 0.6) is 0 Å². The third-order valence-corrected chi connectivity index (χ3v) is 3.05. The van der Waals surface area contributed by atoms with Crippen LogP contribution in [0.2, 0.25) is 5.02 Å². The highest BCUT2D eigenvalue weighted by Gasteiger charge is 2.37. The highest BCUT2D eigenvalue weighted by molar-refractivity contribution is 6.30. The van der Waals surface area contributed by atoms with Gasteiger partial charge in [-0.1, -0.05) is 23.7 Å². The number of nitrogens with two attached hydrogens (primary N) is 1. The quantitative estimate of drug-likeness (QED) is 0.805. The van der Waals surface area contributed by atoms with Gasteiger partial charge in [0.05, 0.1) is 11.5 Å². The van der Waals surface area contributed by atoms with Gasteiger partial charge in [-0.2, -0.15) is 4.99 Å². The molecule has 0 fully saturated rings. The van der Waals surface area contributed by atoms with E-state index >= 15 is 0 Å². The lowest BCUT2D eigenvalue weighted by Crippen LogP contribution is -2.39. The van der Waals surface area contributed by atoms with E-state index in [0.717, 1.165) is 5.56 Å². The third-order valence-electron chi connectivity index (χ3n) is 2.80. The molecule has 90 valence electrons. The number of halogens is 1. The average molecular weight is 252 g/mol. The van der Waals surface area contributed by atoms with E-state index < -0.39 is 5.54 Å². The predicted molar refractivity (Wildman–Crippen MR) is 70.0 cm³/mol. The minimum Gasteiger partial charge on any atom is -0.496 e. The number of aliphatic imine (C=N–C) groups is 2. The molecule has 1 aliphatic heterocycles. The minimum absolute atomic E-state index is 0.00942. The molecule has 0 bridgehead atoms. The van der Waals surface area contributed by atoms with Crippen LogP contribution in [-0.4, -0.2) is 22.5 Å². The summed E-state index contributed by atoms with van der Waals surface area (Å²) in [5.41, 5.74) is 5.94. The van der Waals surface area contributed by atoms with Gasteiger partial charge in [0.15, 0.2) is 5.90 Å². The largest absolute Gasteiger partial charge is 0.496 e. The van der Waals surface area contributed by atoms with Crippen LogP contribution in [0.25, 0.3) is 0 Å². The van der Waals surface area contributed by atoms with E-state index in [1.807, 2.05) is 26.0 Å². The zero-order valence-electron chi connectivity index (χ0n) is 9.68. The first-order chi connectivity index (χ1) is 7.90. The fraction of sp³-hybridized carbons (Fsp3) is 0.333. The summed E-state index contributed by atoms with van der Waals surface area (Å²) in [6.07, 6.45) is 0. The Balaban J connectivity index is 2.45. The lowest BCUT2D eigenvalue weighted by atomic mass is 9.81. The standard InChI is InChI=1S/C12H14ClN3O/c1-12(2)9(10(17)15-11(14)16-12)7-3-5-8(13)6-4-7/h3-6,9H,1-2H3,(H3,14,15,16,17). The van der Waals surface area contributed by atoms with Gasteiger partial charge in [-0.15, -0.1) is 0 Å². The number of aliphatic hydroxyl groups excluding tert-OH is 1. The summed E-state index contributed by atoms with van der Waals surface area (Å²) in [6.45, 7) is 3.81. The highest BCUT2D eigenvalue weighted by atomic mass is 35.5. The number of guanidine groups is 1. The molecular weight excluding hydrogens is 238 g/mol. The Bertz CT molecular complexity index is 491. The van der Waals surface area contributed by atoms with Crippen LogP contribution in [-0.2, 0) is 0 Å². The molecule has 3 N–H and O–H groups in total. The lowest BCUT2D eigenvalue weighted by molar-refractivity contribution is 0.414. The van der Waals surface area contributed by atoms with E-state index in [1.54, 1.807) is 12.1 Å². The van der Waals surface area contributed by atoms with Crippen LogP contribution in [0.4, 0.5) is 0 Å². The Morgan fingerprint density at radius 2 is 1.88 bits per heavy atom. The number of hydrogen-bond acceptors (Lipinski definition) is 3. The molecule has 0 saturated heterocycles. The van der Waals surface area contributed by atoms with Crippen LogP contribution in [0, 0.1) is 0 Å². The molecule has 1 aliphatic rings. The molecule has 17 heavy (non-hydrogen) atoms. The van der Waals surface area contributed by atoms with Crippen molar-refractivity contribution in [1.82, 2.24) is 0 Å². The smallest absolute Gasteiger partial charge is 0.218 e. The first-order valence-electron chi connectivity index (χ1n) is 5.28. The molecule has 4 nitrogen and oxygen atoms in total. The van der Waals surface area contributed by atoms with Gasteiger partial charge in [0.1, 0.15) is 0 Å². The highest BCUT2D eigenvalue weighted by Crippen LogP contribution is 2.34. The number of benzene rings is 1. The van der Waals surface area contributed by atoms with Gasteiger partial charge in [-0.25, -0.2) is 4.99 Å². The van der Waals surface area contributed by atoms with Crippen LogP contribution in [0.3, 0.4) is 0 Å². The Morgan fingerprint density at radius 1 is 1.29 bits per heavy atom. The molecule has 0 aromatic heterocycles. The van der Waals surface area contributed by atoms with Crippen molar-refractivity contribution in [3.63, 3.8) is 0 Å². The van der Waals surface area contributed by atoms with Crippen LogP contribution in [0.1, 0.15) is 25.3 Å². The Labute approximate surface area is 105 Å². The number of hydrogen-bond donors (Lipinski definition) is 2. The maximum absolute atomic E-state index is 9.95. The summed E-state index contributed by atoms with van der Waals surface area (Å²) in [5.74, 6) is -0.199. The lowest BCUT2D eigenvalue weighted by Gasteiger charge is -2.32. The first-order valence-corrected chi connectivity index (χ1v) is 5.66. The van der Waals surface area contributed by atoms with E-state index in [1.165, 1.54) is 0 Å². The zero-order valence-corrected chi connectivity index (χ0v) is 10.4. The van der Waals surface area contributed by atoms with Crippen LogP contribution >= 0.6 is 11.6 Å².